The first-order valence-corrected chi connectivity index (χ1v) is 10.8. The van der Waals surface area contributed by atoms with Gasteiger partial charge in [0, 0.05) is 10.4 Å². The second-order valence-corrected chi connectivity index (χ2v) is 8.29. The summed E-state index contributed by atoms with van der Waals surface area (Å²) in [6, 6.07) is 19.8. The van der Waals surface area contributed by atoms with Gasteiger partial charge >= 0.3 is 0 Å². The molecule has 0 N–H and O–H groups in total. The number of para-hydroxylation sites is 1. The van der Waals surface area contributed by atoms with E-state index in [4.69, 9.17) is 20.8 Å². The summed E-state index contributed by atoms with van der Waals surface area (Å²) < 4.78 is 13.3. The number of ether oxygens (including phenoxy) is 1. The molecule has 158 valence electrons. The van der Waals surface area contributed by atoms with E-state index >= 15 is 0 Å². The molecule has 0 amide bonds. The van der Waals surface area contributed by atoms with Crippen molar-refractivity contribution in [2.45, 2.75) is 0 Å². The lowest BCUT2D eigenvalue weighted by atomic mass is 10.2. The number of nitrogens with zero attached hydrogens (tertiary/aromatic N) is 3. The number of furan rings is 1. The van der Waals surface area contributed by atoms with Crippen molar-refractivity contribution in [1.82, 2.24) is 9.66 Å². The quantitative estimate of drug-likeness (QED) is 0.274. The number of halogens is 2. The number of fused-ring (bicyclic) bond motifs is 2. The zero-order valence-electron chi connectivity index (χ0n) is 16.8. The highest BCUT2D eigenvalue weighted by molar-refractivity contribution is 9.10. The second-order valence-electron chi connectivity index (χ2n) is 7.00. The zero-order chi connectivity index (χ0) is 22.2. The molecule has 0 fully saturated rings. The molecule has 0 saturated heterocycles. The van der Waals surface area contributed by atoms with Crippen molar-refractivity contribution in [2.24, 2.45) is 5.10 Å². The summed E-state index contributed by atoms with van der Waals surface area (Å²) in [5, 5.41) is 6.32. The van der Waals surface area contributed by atoms with Crippen molar-refractivity contribution < 1.29 is 9.15 Å². The maximum absolute atomic E-state index is 13.3. The minimum atomic E-state index is -0.298. The van der Waals surface area contributed by atoms with Crippen molar-refractivity contribution in [3.8, 4) is 17.3 Å². The molecule has 0 aliphatic carbocycles. The summed E-state index contributed by atoms with van der Waals surface area (Å²) >= 11 is 9.58. The standard InChI is InChI=1S/C24H15BrClN3O3/c1-31-21-8-6-14(10-18(21)25)13-27-29-23(28-19-5-3-2-4-17(19)24(29)30)22-12-15-11-16(26)7-9-20(15)32-22/h2-13H,1H3. The van der Waals surface area contributed by atoms with Crippen LogP contribution in [-0.4, -0.2) is 23.0 Å². The Morgan fingerprint density at radius 1 is 1.12 bits per heavy atom. The molecular weight excluding hydrogens is 494 g/mol. The lowest BCUT2D eigenvalue weighted by molar-refractivity contribution is 0.412. The van der Waals surface area contributed by atoms with Crippen LogP contribution < -0.4 is 10.3 Å². The predicted octanol–water partition coefficient (Wildman–Crippen LogP) is 6.12. The van der Waals surface area contributed by atoms with Gasteiger partial charge in [-0.1, -0.05) is 23.7 Å². The van der Waals surface area contributed by atoms with Crippen molar-refractivity contribution in [3.63, 3.8) is 0 Å². The van der Waals surface area contributed by atoms with Gasteiger partial charge in [0.1, 0.15) is 11.3 Å². The molecular formula is C24H15BrClN3O3. The first-order chi connectivity index (χ1) is 15.5. The number of benzene rings is 3. The lowest BCUT2D eigenvalue weighted by Gasteiger charge is -2.07. The van der Waals surface area contributed by atoms with Gasteiger partial charge < -0.3 is 9.15 Å². The Hall–Kier alpha value is -3.42. The number of aromatic nitrogens is 2. The van der Waals surface area contributed by atoms with E-state index in [1.807, 2.05) is 24.3 Å². The highest BCUT2D eigenvalue weighted by Gasteiger charge is 2.16. The van der Waals surface area contributed by atoms with Crippen molar-refractivity contribution in [2.75, 3.05) is 7.11 Å². The fourth-order valence-corrected chi connectivity index (χ4v) is 4.14. The zero-order valence-corrected chi connectivity index (χ0v) is 19.1. The predicted molar refractivity (Wildman–Crippen MR) is 130 cm³/mol. The highest BCUT2D eigenvalue weighted by atomic mass is 79.9. The molecule has 5 aromatic rings. The topological polar surface area (TPSA) is 69.6 Å². The van der Waals surface area contributed by atoms with Gasteiger partial charge in [-0.3, -0.25) is 4.79 Å². The number of methoxy groups -OCH3 is 1. The first kappa shape index (κ1) is 20.5. The van der Waals surface area contributed by atoms with Crippen molar-refractivity contribution in [1.29, 1.82) is 0 Å². The number of hydrogen-bond acceptors (Lipinski definition) is 5. The molecule has 0 aliphatic rings. The van der Waals surface area contributed by atoms with Crippen LogP contribution in [0.2, 0.25) is 5.02 Å². The SMILES string of the molecule is COc1ccc(C=Nn2c(-c3cc4cc(Cl)ccc4o3)nc3ccccc3c2=O)cc1Br. The molecule has 2 aromatic heterocycles. The smallest absolute Gasteiger partial charge is 0.282 e. The van der Waals surface area contributed by atoms with Crippen LogP contribution in [-0.2, 0) is 0 Å². The van der Waals surface area contributed by atoms with E-state index in [0.717, 1.165) is 15.4 Å². The average molecular weight is 509 g/mol. The normalized spacial score (nSPS) is 11.6. The van der Waals surface area contributed by atoms with Crippen molar-refractivity contribution in [3.05, 3.63) is 92.1 Å². The van der Waals surface area contributed by atoms with Crippen molar-refractivity contribution >= 4 is 55.6 Å². The molecule has 8 heteroatoms. The van der Waals surface area contributed by atoms with Crippen LogP contribution in [0.4, 0.5) is 0 Å². The Kier molecular flexibility index (Phi) is 5.28. The Labute approximate surface area is 195 Å². The number of rotatable bonds is 4. The third-order valence-electron chi connectivity index (χ3n) is 4.95. The molecule has 0 bridgehead atoms. The van der Waals surface area contributed by atoms with Crippen LogP contribution in [0.15, 0.2) is 85.5 Å². The fourth-order valence-electron chi connectivity index (χ4n) is 3.40. The average Bonchev–Trinajstić information content (AvgIpc) is 3.21. The summed E-state index contributed by atoms with van der Waals surface area (Å²) in [6.07, 6.45) is 1.59. The van der Waals surface area contributed by atoms with E-state index in [1.54, 1.807) is 55.8 Å². The van der Waals surface area contributed by atoms with Crippen LogP contribution in [0.1, 0.15) is 5.56 Å². The minimum Gasteiger partial charge on any atom is -0.496 e. The Morgan fingerprint density at radius 3 is 2.78 bits per heavy atom. The number of hydrogen-bond donors (Lipinski definition) is 0. The molecule has 0 radical (unpaired) electrons. The monoisotopic (exact) mass is 507 g/mol. The van der Waals surface area contributed by atoms with Crippen LogP contribution in [0, 0.1) is 0 Å². The van der Waals surface area contributed by atoms with Crippen LogP contribution in [0.25, 0.3) is 33.5 Å². The van der Waals surface area contributed by atoms with Crippen LogP contribution >= 0.6 is 27.5 Å². The van der Waals surface area contributed by atoms with Gasteiger partial charge in [-0.05, 0) is 76.1 Å². The molecule has 6 nitrogen and oxygen atoms in total. The van der Waals surface area contributed by atoms with Crippen LogP contribution in [0.5, 0.6) is 5.75 Å². The van der Waals surface area contributed by atoms with Gasteiger partial charge in [0.25, 0.3) is 5.56 Å². The summed E-state index contributed by atoms with van der Waals surface area (Å²) in [7, 11) is 1.60. The van der Waals surface area contributed by atoms with E-state index in [1.165, 1.54) is 4.68 Å². The van der Waals surface area contributed by atoms with Gasteiger partial charge in [0.05, 0.1) is 28.7 Å². The first-order valence-electron chi connectivity index (χ1n) is 9.62. The van der Waals surface area contributed by atoms with E-state index in [-0.39, 0.29) is 5.56 Å². The fraction of sp³-hybridized carbons (Fsp3) is 0.0417. The van der Waals surface area contributed by atoms with E-state index in [0.29, 0.717) is 38.8 Å². The molecule has 0 spiro atoms. The van der Waals surface area contributed by atoms with Gasteiger partial charge in [-0.25, -0.2) is 4.98 Å². The molecule has 0 aliphatic heterocycles. The third kappa shape index (κ3) is 3.70. The molecule has 32 heavy (non-hydrogen) atoms. The Bertz CT molecular complexity index is 1570. The van der Waals surface area contributed by atoms with Crippen LogP contribution in [0.3, 0.4) is 0 Å². The van der Waals surface area contributed by atoms with Gasteiger partial charge in [-0.15, -0.1) is 0 Å². The van der Waals surface area contributed by atoms with E-state index < -0.39 is 0 Å². The Morgan fingerprint density at radius 2 is 1.97 bits per heavy atom. The summed E-state index contributed by atoms with van der Waals surface area (Å²) in [5.74, 6) is 1.41. The van der Waals surface area contributed by atoms with E-state index in [2.05, 4.69) is 26.0 Å². The second kappa shape index (κ2) is 8.26. The van der Waals surface area contributed by atoms with Gasteiger partial charge in [0.2, 0.25) is 5.82 Å². The summed E-state index contributed by atoms with van der Waals surface area (Å²) in [4.78, 5) is 18.0. The molecule has 0 unspecified atom stereocenters. The summed E-state index contributed by atoms with van der Waals surface area (Å²) in [5.41, 5.74) is 1.68. The molecule has 3 aromatic carbocycles. The van der Waals surface area contributed by atoms with E-state index in [9.17, 15) is 4.79 Å². The largest absolute Gasteiger partial charge is 0.496 e. The van der Waals surface area contributed by atoms with Gasteiger partial charge in [-0.2, -0.15) is 9.78 Å². The highest BCUT2D eigenvalue weighted by Crippen LogP contribution is 2.29. The molecule has 0 saturated carbocycles. The van der Waals surface area contributed by atoms with Gasteiger partial charge in [0.15, 0.2) is 5.76 Å². The Balaban J connectivity index is 1.70. The third-order valence-corrected chi connectivity index (χ3v) is 5.81. The maximum atomic E-state index is 13.3. The lowest BCUT2D eigenvalue weighted by Crippen LogP contribution is -2.20. The summed E-state index contributed by atoms with van der Waals surface area (Å²) in [6.45, 7) is 0. The molecule has 5 rings (SSSR count). The minimum absolute atomic E-state index is 0.296. The molecule has 0 atom stereocenters. The molecule has 2 heterocycles. The maximum Gasteiger partial charge on any atom is 0.282 e.